The Labute approximate surface area is 133 Å². The van der Waals surface area contributed by atoms with E-state index in [0.29, 0.717) is 11.6 Å². The molecule has 7 heteroatoms. The Hall–Kier alpha value is -2.83. The molecule has 3 rings (SSSR count). The van der Waals surface area contributed by atoms with Gasteiger partial charge in [0.25, 0.3) is 5.70 Å². The SMILES string of the molecule is N=C1C(=N)C([N+](=O)[O-])=CC=C1N1CCC(c2ccncc2)CC1. The van der Waals surface area contributed by atoms with Crippen molar-refractivity contribution in [3.05, 3.63) is 63.8 Å². The Morgan fingerprint density at radius 3 is 2.39 bits per heavy atom. The van der Waals surface area contributed by atoms with E-state index in [1.54, 1.807) is 18.5 Å². The van der Waals surface area contributed by atoms with Gasteiger partial charge >= 0.3 is 0 Å². The first-order valence-corrected chi connectivity index (χ1v) is 7.47. The maximum Gasteiger partial charge on any atom is 0.296 e. The smallest absolute Gasteiger partial charge is 0.296 e. The number of rotatable bonds is 3. The Morgan fingerprint density at radius 2 is 1.78 bits per heavy atom. The molecule has 0 bridgehead atoms. The summed E-state index contributed by atoms with van der Waals surface area (Å²) in [4.78, 5) is 16.3. The molecular formula is C16H17N5O2. The average molecular weight is 311 g/mol. The minimum atomic E-state index is -0.611. The molecule has 2 aliphatic rings. The fourth-order valence-electron chi connectivity index (χ4n) is 3.09. The van der Waals surface area contributed by atoms with Gasteiger partial charge in [-0.1, -0.05) is 0 Å². The van der Waals surface area contributed by atoms with E-state index in [2.05, 4.69) is 4.98 Å². The third-order valence-electron chi connectivity index (χ3n) is 4.37. The molecule has 0 saturated carbocycles. The van der Waals surface area contributed by atoms with Crippen LogP contribution in [0.25, 0.3) is 0 Å². The number of aromatic nitrogens is 1. The zero-order chi connectivity index (χ0) is 16.4. The lowest BCUT2D eigenvalue weighted by Gasteiger charge is -2.35. The molecule has 1 fully saturated rings. The largest absolute Gasteiger partial charge is 0.370 e. The lowest BCUT2D eigenvalue weighted by atomic mass is 9.89. The van der Waals surface area contributed by atoms with Crippen LogP contribution in [-0.4, -0.2) is 39.3 Å². The summed E-state index contributed by atoms with van der Waals surface area (Å²) in [5.41, 5.74) is 1.18. The summed E-state index contributed by atoms with van der Waals surface area (Å²) >= 11 is 0. The quantitative estimate of drug-likeness (QED) is 0.507. The van der Waals surface area contributed by atoms with Gasteiger partial charge in [-0.15, -0.1) is 0 Å². The van der Waals surface area contributed by atoms with Crippen molar-refractivity contribution in [2.45, 2.75) is 18.8 Å². The standard InChI is InChI=1S/C16H17N5O2/c17-15-13(1-2-14(16(15)18)21(22)23)20-9-5-12(6-10-20)11-3-7-19-8-4-11/h1-4,7-8,12,17-18H,5-6,9-10H2. The van der Waals surface area contributed by atoms with Crippen LogP contribution in [0.3, 0.4) is 0 Å². The van der Waals surface area contributed by atoms with Crippen molar-refractivity contribution in [2.24, 2.45) is 0 Å². The van der Waals surface area contributed by atoms with E-state index in [1.165, 1.54) is 11.6 Å². The van der Waals surface area contributed by atoms with Gasteiger partial charge in [0.15, 0.2) is 5.71 Å². The molecule has 0 aromatic carbocycles. The van der Waals surface area contributed by atoms with E-state index in [4.69, 9.17) is 10.8 Å². The lowest BCUT2D eigenvalue weighted by molar-refractivity contribution is -0.414. The van der Waals surface area contributed by atoms with Crippen molar-refractivity contribution in [1.82, 2.24) is 9.88 Å². The molecule has 0 radical (unpaired) electrons. The molecule has 7 nitrogen and oxygen atoms in total. The maximum absolute atomic E-state index is 10.8. The molecule has 1 saturated heterocycles. The average Bonchev–Trinajstić information content (AvgIpc) is 2.58. The van der Waals surface area contributed by atoms with Crippen LogP contribution in [-0.2, 0) is 0 Å². The third kappa shape index (κ3) is 2.90. The van der Waals surface area contributed by atoms with Crippen molar-refractivity contribution >= 4 is 11.4 Å². The number of allylic oxidation sites excluding steroid dienone is 4. The molecule has 23 heavy (non-hydrogen) atoms. The summed E-state index contributed by atoms with van der Waals surface area (Å²) in [6, 6.07) is 4.06. The number of hydrogen-bond acceptors (Lipinski definition) is 6. The number of nitrogens with one attached hydrogen (secondary N) is 2. The molecule has 0 spiro atoms. The van der Waals surface area contributed by atoms with E-state index >= 15 is 0 Å². The summed E-state index contributed by atoms with van der Waals surface area (Å²) in [5.74, 6) is 0.469. The van der Waals surface area contributed by atoms with Crippen LogP contribution in [0.2, 0.25) is 0 Å². The van der Waals surface area contributed by atoms with Crippen LogP contribution in [0, 0.1) is 20.9 Å². The predicted octanol–water partition coefficient (Wildman–Crippen LogP) is 2.36. The Kier molecular flexibility index (Phi) is 4.01. The fourth-order valence-corrected chi connectivity index (χ4v) is 3.09. The highest BCUT2D eigenvalue weighted by Crippen LogP contribution is 2.30. The molecule has 1 aromatic rings. The molecule has 1 aliphatic carbocycles. The number of likely N-dealkylation sites (tertiary alicyclic amines) is 1. The second kappa shape index (κ2) is 6.12. The minimum absolute atomic E-state index is 0.0680. The van der Waals surface area contributed by atoms with Crippen molar-refractivity contribution in [1.29, 1.82) is 10.8 Å². The first-order valence-electron chi connectivity index (χ1n) is 7.47. The summed E-state index contributed by atoms with van der Waals surface area (Å²) in [6.45, 7) is 1.55. The van der Waals surface area contributed by atoms with Gasteiger partial charge in [-0.25, -0.2) is 0 Å². The number of piperidine rings is 1. The highest BCUT2D eigenvalue weighted by Gasteiger charge is 2.31. The molecular weight excluding hydrogens is 294 g/mol. The van der Waals surface area contributed by atoms with Crippen molar-refractivity contribution in [2.75, 3.05) is 13.1 Å². The van der Waals surface area contributed by atoms with Gasteiger partial charge in [-0.3, -0.25) is 25.9 Å². The molecule has 2 heterocycles. The molecule has 0 unspecified atom stereocenters. The van der Waals surface area contributed by atoms with Gasteiger partial charge in [0.05, 0.1) is 10.6 Å². The van der Waals surface area contributed by atoms with E-state index in [1.807, 2.05) is 17.0 Å². The Morgan fingerprint density at radius 1 is 1.13 bits per heavy atom. The van der Waals surface area contributed by atoms with Crippen LogP contribution in [0.4, 0.5) is 0 Å². The van der Waals surface area contributed by atoms with Gasteiger partial charge in [0.1, 0.15) is 5.71 Å². The topological polar surface area (TPSA) is 107 Å². The number of nitro groups is 1. The molecule has 118 valence electrons. The molecule has 1 aromatic heterocycles. The molecule has 1 aliphatic heterocycles. The first-order chi connectivity index (χ1) is 11.1. The zero-order valence-corrected chi connectivity index (χ0v) is 12.5. The van der Waals surface area contributed by atoms with Crippen LogP contribution >= 0.6 is 0 Å². The van der Waals surface area contributed by atoms with E-state index < -0.39 is 4.92 Å². The monoisotopic (exact) mass is 311 g/mol. The molecule has 0 amide bonds. The number of nitrogens with zero attached hydrogens (tertiary/aromatic N) is 3. The maximum atomic E-state index is 10.8. The van der Waals surface area contributed by atoms with Crippen LogP contribution in [0.15, 0.2) is 48.1 Å². The van der Waals surface area contributed by atoms with Crippen LogP contribution in [0.1, 0.15) is 24.3 Å². The van der Waals surface area contributed by atoms with Crippen molar-refractivity contribution in [3.63, 3.8) is 0 Å². The second-order valence-corrected chi connectivity index (χ2v) is 5.65. The summed E-state index contributed by atoms with van der Waals surface area (Å²) in [7, 11) is 0. The minimum Gasteiger partial charge on any atom is -0.370 e. The molecule has 2 N–H and O–H groups in total. The van der Waals surface area contributed by atoms with Crippen LogP contribution < -0.4 is 0 Å². The molecule has 0 atom stereocenters. The highest BCUT2D eigenvalue weighted by atomic mass is 16.6. The van der Waals surface area contributed by atoms with Crippen molar-refractivity contribution in [3.8, 4) is 0 Å². The summed E-state index contributed by atoms with van der Waals surface area (Å²) in [5, 5.41) is 26.7. The third-order valence-corrected chi connectivity index (χ3v) is 4.37. The zero-order valence-electron chi connectivity index (χ0n) is 12.5. The van der Waals surface area contributed by atoms with Crippen molar-refractivity contribution < 1.29 is 4.92 Å². The van der Waals surface area contributed by atoms with Gasteiger partial charge in [-0.2, -0.15) is 0 Å². The summed E-state index contributed by atoms with van der Waals surface area (Å²) < 4.78 is 0. The fraction of sp³-hybridized carbons (Fsp3) is 0.312. The number of pyridine rings is 1. The summed E-state index contributed by atoms with van der Waals surface area (Å²) in [6.07, 6.45) is 8.41. The first kappa shape index (κ1) is 15.1. The van der Waals surface area contributed by atoms with Gasteiger partial charge in [0.2, 0.25) is 0 Å². The van der Waals surface area contributed by atoms with E-state index in [9.17, 15) is 10.1 Å². The normalized spacial score (nSPS) is 19.4. The lowest BCUT2D eigenvalue weighted by Crippen LogP contribution is -2.38. The Bertz CT molecular complexity index is 715. The predicted molar refractivity (Wildman–Crippen MR) is 86.4 cm³/mol. The van der Waals surface area contributed by atoms with Gasteiger partial charge in [-0.05, 0) is 42.5 Å². The van der Waals surface area contributed by atoms with E-state index in [0.717, 1.165) is 25.9 Å². The van der Waals surface area contributed by atoms with Gasteiger partial charge in [0, 0.05) is 31.6 Å². The van der Waals surface area contributed by atoms with Gasteiger partial charge < -0.3 is 4.90 Å². The van der Waals surface area contributed by atoms with E-state index in [-0.39, 0.29) is 17.1 Å². The van der Waals surface area contributed by atoms with Crippen LogP contribution in [0.5, 0.6) is 0 Å². The second-order valence-electron chi connectivity index (χ2n) is 5.65. The highest BCUT2D eigenvalue weighted by molar-refractivity contribution is 6.51. The number of hydrogen-bond donors (Lipinski definition) is 2. The Balaban J connectivity index is 1.72.